The number of halogens is 1. The molecule has 0 radical (unpaired) electrons. The van der Waals surface area contributed by atoms with Crippen molar-refractivity contribution in [1.82, 2.24) is 15.1 Å². The van der Waals surface area contributed by atoms with Gasteiger partial charge in [-0.05, 0) is 81.0 Å². The third kappa shape index (κ3) is 5.75. The molecule has 5 rings (SSSR count). The lowest BCUT2D eigenvalue weighted by atomic mass is 9.80. The Labute approximate surface area is 225 Å². The molecule has 1 aromatic carbocycles. The Bertz CT molecular complexity index is 1080. The second kappa shape index (κ2) is 11.6. The summed E-state index contributed by atoms with van der Waals surface area (Å²) in [6, 6.07) is 11.3. The summed E-state index contributed by atoms with van der Waals surface area (Å²) < 4.78 is 6.15. The number of piperazine rings is 1. The highest BCUT2D eigenvalue weighted by Crippen LogP contribution is 2.36. The molecule has 3 fully saturated rings. The number of nitrogens with zero attached hydrogens (tertiary/aromatic N) is 2. The van der Waals surface area contributed by atoms with Crippen molar-refractivity contribution in [2.24, 2.45) is 5.92 Å². The molecule has 1 saturated carbocycles. The lowest BCUT2D eigenvalue weighted by Crippen LogP contribution is -2.71. The summed E-state index contributed by atoms with van der Waals surface area (Å²) in [6.45, 7) is 5.08. The van der Waals surface area contributed by atoms with Crippen molar-refractivity contribution < 1.29 is 14.0 Å². The number of hydrogen-bond acceptors (Lipinski definition) is 4. The summed E-state index contributed by atoms with van der Waals surface area (Å²) in [7, 11) is 0. The predicted molar refractivity (Wildman–Crippen MR) is 146 cm³/mol. The number of carbonyl (C=O) groups is 2. The molecule has 0 bridgehead atoms. The van der Waals surface area contributed by atoms with Gasteiger partial charge >= 0.3 is 0 Å². The first kappa shape index (κ1) is 26.3. The van der Waals surface area contributed by atoms with Crippen LogP contribution in [0.5, 0.6) is 0 Å². The van der Waals surface area contributed by atoms with Crippen LogP contribution >= 0.6 is 11.6 Å². The molecule has 7 heteroatoms. The van der Waals surface area contributed by atoms with Gasteiger partial charge in [0.1, 0.15) is 23.1 Å². The summed E-state index contributed by atoms with van der Waals surface area (Å²) in [5.41, 5.74) is 0.267. The zero-order valence-corrected chi connectivity index (χ0v) is 22.8. The Morgan fingerprint density at radius 1 is 1.00 bits per heavy atom. The van der Waals surface area contributed by atoms with Crippen LogP contribution in [0, 0.1) is 5.92 Å². The number of rotatable bonds is 7. The van der Waals surface area contributed by atoms with Gasteiger partial charge in [0.05, 0.1) is 6.54 Å². The van der Waals surface area contributed by atoms with E-state index >= 15 is 0 Å². The van der Waals surface area contributed by atoms with Gasteiger partial charge in [-0.3, -0.25) is 14.5 Å². The maximum absolute atomic E-state index is 13.7. The first-order valence-corrected chi connectivity index (χ1v) is 14.6. The van der Waals surface area contributed by atoms with Gasteiger partial charge in [-0.1, -0.05) is 50.6 Å². The van der Waals surface area contributed by atoms with Gasteiger partial charge in [0.25, 0.3) is 0 Å². The zero-order valence-electron chi connectivity index (χ0n) is 22.0. The first-order chi connectivity index (χ1) is 18.0. The van der Waals surface area contributed by atoms with Crippen molar-refractivity contribution in [3.63, 3.8) is 0 Å². The van der Waals surface area contributed by atoms with Gasteiger partial charge in [0, 0.05) is 23.7 Å². The van der Waals surface area contributed by atoms with E-state index in [1.165, 1.54) is 32.1 Å². The van der Waals surface area contributed by atoms with Gasteiger partial charge < -0.3 is 14.6 Å². The smallest absolute Gasteiger partial charge is 0.246 e. The molecule has 2 amide bonds. The van der Waals surface area contributed by atoms with Crippen molar-refractivity contribution in [2.45, 2.75) is 89.3 Å². The molecular formula is C30H40ClN3O3. The number of nitrogens with one attached hydrogen (secondary N) is 1. The fraction of sp³-hybridized carbons (Fsp3) is 0.600. The molecule has 2 aromatic rings. The van der Waals surface area contributed by atoms with Gasteiger partial charge in [-0.25, -0.2) is 0 Å². The number of benzene rings is 1. The number of hydrogen-bond donors (Lipinski definition) is 1. The van der Waals surface area contributed by atoms with E-state index in [2.05, 4.69) is 17.1 Å². The van der Waals surface area contributed by atoms with E-state index in [0.29, 0.717) is 36.9 Å². The third-order valence-electron chi connectivity index (χ3n) is 8.63. The molecule has 1 aromatic heterocycles. The van der Waals surface area contributed by atoms with Crippen molar-refractivity contribution in [3.8, 4) is 11.3 Å². The molecule has 1 spiro atoms. The normalized spacial score (nSPS) is 25.9. The van der Waals surface area contributed by atoms with Gasteiger partial charge in [0.2, 0.25) is 11.8 Å². The Hall–Kier alpha value is -2.31. The number of furan rings is 1. The van der Waals surface area contributed by atoms with Gasteiger partial charge in [0.15, 0.2) is 0 Å². The van der Waals surface area contributed by atoms with E-state index in [0.717, 1.165) is 49.4 Å². The Morgan fingerprint density at radius 3 is 2.54 bits per heavy atom. The van der Waals surface area contributed by atoms with Crippen LogP contribution in [0.15, 0.2) is 40.8 Å². The number of amides is 2. The highest BCUT2D eigenvalue weighted by atomic mass is 35.5. The topological polar surface area (TPSA) is 65.8 Å². The molecule has 3 aliphatic rings. The molecule has 37 heavy (non-hydrogen) atoms. The molecular weight excluding hydrogens is 486 g/mol. The van der Waals surface area contributed by atoms with Gasteiger partial charge in [-0.2, -0.15) is 0 Å². The second-order valence-corrected chi connectivity index (χ2v) is 11.6. The van der Waals surface area contributed by atoms with Gasteiger partial charge in [-0.15, -0.1) is 0 Å². The average Bonchev–Trinajstić information content (AvgIpc) is 3.26. The van der Waals surface area contributed by atoms with Crippen LogP contribution in [0.3, 0.4) is 0 Å². The summed E-state index contributed by atoms with van der Waals surface area (Å²) >= 11 is 6.02. The van der Waals surface area contributed by atoms with E-state index in [9.17, 15) is 9.59 Å². The highest BCUT2D eigenvalue weighted by Gasteiger charge is 2.52. The van der Waals surface area contributed by atoms with Crippen molar-refractivity contribution in [1.29, 1.82) is 0 Å². The third-order valence-corrected chi connectivity index (χ3v) is 8.88. The number of likely N-dealkylation sites (tertiary alicyclic amines) is 1. The van der Waals surface area contributed by atoms with Crippen molar-refractivity contribution in [3.05, 3.63) is 47.2 Å². The van der Waals surface area contributed by atoms with E-state index in [-0.39, 0.29) is 17.9 Å². The average molecular weight is 526 g/mol. The SMILES string of the molecule is CCCN1C(=O)C(CC2CCCCC2)NC(=O)C12CCCN(Cc1ccc(-c3ccc(Cl)cc3)o1)CC2. The quantitative estimate of drug-likeness (QED) is 0.479. The molecule has 2 atom stereocenters. The van der Waals surface area contributed by atoms with Crippen LogP contribution in [0.2, 0.25) is 5.02 Å². The molecule has 2 unspecified atom stereocenters. The molecule has 1 aliphatic carbocycles. The lowest BCUT2D eigenvalue weighted by molar-refractivity contribution is -0.159. The number of carbonyl (C=O) groups excluding carboxylic acids is 2. The largest absolute Gasteiger partial charge is 0.460 e. The summed E-state index contributed by atoms with van der Waals surface area (Å²) in [4.78, 5) is 31.8. The minimum Gasteiger partial charge on any atom is -0.460 e. The van der Waals surface area contributed by atoms with Crippen LogP contribution in [0.4, 0.5) is 0 Å². The molecule has 3 heterocycles. The zero-order chi connectivity index (χ0) is 25.8. The monoisotopic (exact) mass is 525 g/mol. The van der Waals surface area contributed by atoms with Crippen molar-refractivity contribution >= 4 is 23.4 Å². The minimum atomic E-state index is -0.734. The van der Waals surface area contributed by atoms with Crippen LogP contribution in [0.25, 0.3) is 11.3 Å². The standard InChI is InChI=1S/C30H40ClN3O3/c1-2-17-34-28(35)26(20-22-7-4-3-5-8-22)32-29(36)30(34)15-6-18-33(19-16-30)21-25-13-14-27(37-25)23-9-11-24(31)12-10-23/h9-14,22,26H,2-8,15-21H2,1H3,(H,32,36). The van der Waals surface area contributed by atoms with Crippen LogP contribution < -0.4 is 5.32 Å². The van der Waals surface area contributed by atoms with Crippen LogP contribution in [0.1, 0.15) is 76.9 Å². The highest BCUT2D eigenvalue weighted by molar-refractivity contribution is 6.30. The fourth-order valence-electron chi connectivity index (χ4n) is 6.62. The Morgan fingerprint density at radius 2 is 1.78 bits per heavy atom. The maximum Gasteiger partial charge on any atom is 0.246 e. The second-order valence-electron chi connectivity index (χ2n) is 11.2. The van der Waals surface area contributed by atoms with Crippen LogP contribution in [-0.4, -0.2) is 52.8 Å². The molecule has 200 valence electrons. The molecule has 2 aliphatic heterocycles. The summed E-state index contributed by atoms with van der Waals surface area (Å²) in [6.07, 6.45) is 10.0. The Balaban J connectivity index is 1.25. The van der Waals surface area contributed by atoms with E-state index in [4.69, 9.17) is 16.0 Å². The van der Waals surface area contributed by atoms with Crippen LogP contribution in [-0.2, 0) is 16.1 Å². The van der Waals surface area contributed by atoms with E-state index < -0.39 is 5.54 Å². The Kier molecular flexibility index (Phi) is 8.25. The first-order valence-electron chi connectivity index (χ1n) is 14.2. The summed E-state index contributed by atoms with van der Waals surface area (Å²) in [5.74, 6) is 2.48. The predicted octanol–water partition coefficient (Wildman–Crippen LogP) is 6.03. The molecule has 6 nitrogen and oxygen atoms in total. The maximum atomic E-state index is 13.7. The fourth-order valence-corrected chi connectivity index (χ4v) is 6.75. The summed E-state index contributed by atoms with van der Waals surface area (Å²) in [5, 5.41) is 3.91. The lowest BCUT2D eigenvalue weighted by Gasteiger charge is -2.48. The minimum absolute atomic E-state index is 0.0613. The molecule has 1 N–H and O–H groups in total. The van der Waals surface area contributed by atoms with Crippen molar-refractivity contribution in [2.75, 3.05) is 19.6 Å². The van der Waals surface area contributed by atoms with E-state index in [1.807, 2.05) is 41.3 Å². The van der Waals surface area contributed by atoms with E-state index in [1.54, 1.807) is 0 Å². The molecule has 2 saturated heterocycles.